The van der Waals surface area contributed by atoms with Crippen molar-refractivity contribution in [3.05, 3.63) is 71.6 Å². The molecule has 0 aliphatic heterocycles. The molecule has 0 bridgehead atoms. The van der Waals surface area contributed by atoms with Gasteiger partial charge in [0.25, 0.3) is 0 Å². The van der Waals surface area contributed by atoms with Crippen LogP contribution in [0, 0.1) is 11.6 Å². The van der Waals surface area contributed by atoms with Crippen molar-refractivity contribution in [2.75, 3.05) is 0 Å². The maximum atomic E-state index is 13.5. The van der Waals surface area contributed by atoms with Crippen LogP contribution in [0.1, 0.15) is 11.3 Å². The highest BCUT2D eigenvalue weighted by molar-refractivity contribution is 5.73. The van der Waals surface area contributed by atoms with E-state index < -0.39 is 11.6 Å². The SMILES string of the molecule is Fc1ccc(F)c(CNCc2cnc3ccccc3n2)c1. The Bertz CT molecular complexity index is 774. The van der Waals surface area contributed by atoms with Crippen LogP contribution in [0.2, 0.25) is 0 Å². The molecule has 0 atom stereocenters. The summed E-state index contributed by atoms with van der Waals surface area (Å²) < 4.78 is 26.5. The first-order valence-corrected chi connectivity index (χ1v) is 6.58. The maximum Gasteiger partial charge on any atom is 0.127 e. The molecule has 3 rings (SSSR count). The molecule has 0 amide bonds. The fourth-order valence-corrected chi connectivity index (χ4v) is 2.08. The summed E-state index contributed by atoms with van der Waals surface area (Å²) in [7, 11) is 0. The van der Waals surface area contributed by atoms with Crippen LogP contribution in [-0.4, -0.2) is 9.97 Å². The van der Waals surface area contributed by atoms with Gasteiger partial charge in [0, 0.05) is 18.7 Å². The van der Waals surface area contributed by atoms with Crippen molar-refractivity contribution < 1.29 is 8.78 Å². The van der Waals surface area contributed by atoms with Crippen LogP contribution < -0.4 is 5.32 Å². The third-order valence-corrected chi connectivity index (χ3v) is 3.13. The van der Waals surface area contributed by atoms with E-state index in [0.29, 0.717) is 12.1 Å². The average Bonchev–Trinajstić information content (AvgIpc) is 2.50. The average molecular weight is 285 g/mol. The standard InChI is InChI=1S/C16H13F2N3/c17-12-5-6-14(18)11(7-12)8-19-9-13-10-20-15-3-1-2-4-16(15)21-13/h1-7,10,19H,8-9H2. The second-order valence-electron chi connectivity index (χ2n) is 4.69. The number of fused-ring (bicyclic) bond motifs is 1. The lowest BCUT2D eigenvalue weighted by Crippen LogP contribution is -2.15. The zero-order valence-corrected chi connectivity index (χ0v) is 11.2. The molecule has 0 aliphatic rings. The molecule has 3 nitrogen and oxygen atoms in total. The monoisotopic (exact) mass is 285 g/mol. The summed E-state index contributed by atoms with van der Waals surface area (Å²) in [4.78, 5) is 8.76. The lowest BCUT2D eigenvalue weighted by Gasteiger charge is -2.06. The molecule has 0 aliphatic carbocycles. The maximum absolute atomic E-state index is 13.5. The third kappa shape index (κ3) is 3.20. The van der Waals surface area contributed by atoms with Crippen molar-refractivity contribution in [2.24, 2.45) is 0 Å². The van der Waals surface area contributed by atoms with Crippen LogP contribution in [0.4, 0.5) is 8.78 Å². The van der Waals surface area contributed by atoms with E-state index in [2.05, 4.69) is 15.3 Å². The molecule has 1 aromatic heterocycles. The first-order chi connectivity index (χ1) is 10.2. The molecule has 0 saturated heterocycles. The summed E-state index contributed by atoms with van der Waals surface area (Å²) in [6.07, 6.45) is 1.68. The van der Waals surface area contributed by atoms with E-state index in [9.17, 15) is 8.78 Å². The van der Waals surface area contributed by atoms with Crippen LogP contribution in [0.25, 0.3) is 11.0 Å². The largest absolute Gasteiger partial charge is 0.307 e. The highest BCUT2D eigenvalue weighted by Gasteiger charge is 2.04. The van der Waals surface area contributed by atoms with Gasteiger partial charge in [-0.2, -0.15) is 0 Å². The molecule has 0 fully saturated rings. The van der Waals surface area contributed by atoms with Gasteiger partial charge in [-0.05, 0) is 30.3 Å². The van der Waals surface area contributed by atoms with Crippen LogP contribution in [0.5, 0.6) is 0 Å². The predicted octanol–water partition coefficient (Wildman–Crippen LogP) is 3.20. The predicted molar refractivity (Wildman–Crippen MR) is 76.4 cm³/mol. The molecule has 0 spiro atoms. The zero-order chi connectivity index (χ0) is 14.7. The normalized spacial score (nSPS) is 11.0. The Balaban J connectivity index is 1.67. The van der Waals surface area contributed by atoms with Crippen molar-refractivity contribution in [1.82, 2.24) is 15.3 Å². The molecule has 5 heteroatoms. The molecule has 0 unspecified atom stereocenters. The van der Waals surface area contributed by atoms with Gasteiger partial charge in [-0.25, -0.2) is 13.8 Å². The van der Waals surface area contributed by atoms with Crippen molar-refractivity contribution in [3.63, 3.8) is 0 Å². The molecule has 1 N–H and O–H groups in total. The molecular formula is C16H13F2N3. The van der Waals surface area contributed by atoms with Gasteiger partial charge >= 0.3 is 0 Å². The Labute approximate surface area is 120 Å². The Morgan fingerprint density at radius 3 is 2.62 bits per heavy atom. The van der Waals surface area contributed by atoms with Crippen molar-refractivity contribution >= 4 is 11.0 Å². The van der Waals surface area contributed by atoms with E-state index in [1.54, 1.807) is 6.20 Å². The van der Waals surface area contributed by atoms with E-state index in [-0.39, 0.29) is 6.54 Å². The first kappa shape index (κ1) is 13.6. The lowest BCUT2D eigenvalue weighted by molar-refractivity contribution is 0.567. The fourth-order valence-electron chi connectivity index (χ4n) is 2.08. The van der Waals surface area contributed by atoms with Gasteiger partial charge in [0.15, 0.2) is 0 Å². The van der Waals surface area contributed by atoms with E-state index in [1.165, 1.54) is 6.07 Å². The van der Waals surface area contributed by atoms with Gasteiger partial charge in [-0.1, -0.05) is 12.1 Å². The molecule has 3 aromatic rings. The summed E-state index contributed by atoms with van der Waals surface area (Å²) in [6.45, 7) is 0.673. The molecule has 106 valence electrons. The molecular weight excluding hydrogens is 272 g/mol. The summed E-state index contributed by atoms with van der Waals surface area (Å²) >= 11 is 0. The van der Waals surface area contributed by atoms with E-state index >= 15 is 0 Å². The van der Waals surface area contributed by atoms with Crippen LogP contribution in [0.3, 0.4) is 0 Å². The van der Waals surface area contributed by atoms with Crippen molar-refractivity contribution in [1.29, 1.82) is 0 Å². The summed E-state index contributed by atoms with van der Waals surface area (Å²) in [6, 6.07) is 11.0. The quantitative estimate of drug-likeness (QED) is 0.800. The molecule has 1 heterocycles. The first-order valence-electron chi connectivity index (χ1n) is 6.58. The highest BCUT2D eigenvalue weighted by atomic mass is 19.1. The molecule has 0 saturated carbocycles. The topological polar surface area (TPSA) is 37.8 Å². The number of hydrogen-bond acceptors (Lipinski definition) is 3. The van der Waals surface area contributed by atoms with Gasteiger partial charge in [0.1, 0.15) is 11.6 Å². The second-order valence-corrected chi connectivity index (χ2v) is 4.69. The van der Waals surface area contributed by atoms with Gasteiger partial charge < -0.3 is 5.32 Å². The van der Waals surface area contributed by atoms with E-state index in [0.717, 1.165) is 28.9 Å². The molecule has 21 heavy (non-hydrogen) atoms. The van der Waals surface area contributed by atoms with Gasteiger partial charge in [0.05, 0.1) is 22.9 Å². The number of nitrogens with zero attached hydrogens (tertiary/aromatic N) is 2. The minimum absolute atomic E-state index is 0.234. The number of para-hydroxylation sites is 2. The van der Waals surface area contributed by atoms with Gasteiger partial charge in [-0.3, -0.25) is 4.98 Å². The Morgan fingerprint density at radius 2 is 1.76 bits per heavy atom. The molecule has 2 aromatic carbocycles. The zero-order valence-electron chi connectivity index (χ0n) is 11.2. The summed E-state index contributed by atoms with van der Waals surface area (Å²) in [5.74, 6) is -0.868. The number of nitrogens with one attached hydrogen (secondary N) is 1. The van der Waals surface area contributed by atoms with Crippen molar-refractivity contribution in [2.45, 2.75) is 13.1 Å². The lowest BCUT2D eigenvalue weighted by atomic mass is 10.2. The fraction of sp³-hybridized carbons (Fsp3) is 0.125. The Morgan fingerprint density at radius 1 is 0.952 bits per heavy atom. The Hall–Kier alpha value is -2.40. The second kappa shape index (κ2) is 5.93. The number of rotatable bonds is 4. The van der Waals surface area contributed by atoms with Crippen molar-refractivity contribution in [3.8, 4) is 0 Å². The van der Waals surface area contributed by atoms with Crippen LogP contribution in [0.15, 0.2) is 48.7 Å². The smallest absolute Gasteiger partial charge is 0.127 e. The number of hydrogen-bond donors (Lipinski definition) is 1. The minimum atomic E-state index is -0.446. The minimum Gasteiger partial charge on any atom is -0.307 e. The third-order valence-electron chi connectivity index (χ3n) is 3.13. The highest BCUT2D eigenvalue weighted by Crippen LogP contribution is 2.10. The number of aromatic nitrogens is 2. The van der Waals surface area contributed by atoms with Crippen LogP contribution in [-0.2, 0) is 13.1 Å². The van der Waals surface area contributed by atoms with Gasteiger partial charge in [-0.15, -0.1) is 0 Å². The molecule has 0 radical (unpaired) electrons. The van der Waals surface area contributed by atoms with E-state index in [4.69, 9.17) is 0 Å². The van der Waals surface area contributed by atoms with Crippen LogP contribution >= 0.6 is 0 Å². The van der Waals surface area contributed by atoms with Gasteiger partial charge in [0.2, 0.25) is 0 Å². The number of benzene rings is 2. The van der Waals surface area contributed by atoms with E-state index in [1.807, 2.05) is 24.3 Å². The number of halogens is 2. The summed E-state index contributed by atoms with van der Waals surface area (Å²) in [5.41, 5.74) is 2.69. The summed E-state index contributed by atoms with van der Waals surface area (Å²) in [5, 5.41) is 3.04. The Kier molecular flexibility index (Phi) is 3.83.